The maximum absolute atomic E-state index is 13.2. The normalized spacial score (nSPS) is 17.4. The first-order valence-electron chi connectivity index (χ1n) is 15.8. The second kappa shape index (κ2) is 12.6. The van der Waals surface area contributed by atoms with Crippen LogP contribution in [-0.4, -0.2) is 81.1 Å². The molecule has 3 aromatic carbocycles. The SMILES string of the molecule is COc1cc2nn(C3CCN(Cc4ccc5c(c4)C(=O)N(N4CCC(=O)NC4=O)C5=O)CC3)cc2cc1NC(=O)c1cccc(C(F)(F)F)c1. The fraction of sp³-hybridized carbons (Fsp3) is 0.294. The molecule has 2 N–H and O–H groups in total. The van der Waals surface area contributed by atoms with Crippen molar-refractivity contribution in [3.05, 3.63) is 88.6 Å². The van der Waals surface area contributed by atoms with E-state index in [0.29, 0.717) is 28.9 Å². The number of methoxy groups -OCH3 is 1. The Morgan fingerprint density at radius 1 is 0.980 bits per heavy atom. The number of aromatic nitrogens is 2. The summed E-state index contributed by atoms with van der Waals surface area (Å²) in [5.74, 6) is -2.10. The van der Waals surface area contributed by atoms with Gasteiger partial charge in [-0.3, -0.25) is 34.1 Å². The van der Waals surface area contributed by atoms with Gasteiger partial charge in [-0.2, -0.15) is 23.3 Å². The molecule has 0 unspecified atom stereocenters. The molecule has 4 heterocycles. The standard InChI is InChI=1S/C34H30F3N7O6/c1-50-28-16-26-21(15-27(28)38-30(46)20-3-2-4-22(14-20)34(35,36)37)18-42(40-26)23-7-10-41(11-8-23)17-19-5-6-24-25(13-19)32(48)44(31(24)47)43-12-9-29(45)39-33(43)49/h2-6,13-16,18,23H,7-12,17H2,1H3,(H,38,46)(H,39,45,49). The number of carbonyl (C=O) groups excluding carboxylic acids is 5. The number of nitrogens with one attached hydrogen (secondary N) is 2. The number of anilines is 1. The number of hydrogen-bond donors (Lipinski definition) is 2. The van der Waals surface area contributed by atoms with Gasteiger partial charge in [0.2, 0.25) is 5.91 Å². The summed E-state index contributed by atoms with van der Waals surface area (Å²) in [6, 6.07) is 11.8. The topological polar surface area (TPSA) is 146 Å². The molecule has 50 heavy (non-hydrogen) atoms. The van der Waals surface area contributed by atoms with Crippen LogP contribution in [0.4, 0.5) is 23.7 Å². The average molecular weight is 690 g/mol. The number of imide groups is 2. The number of fused-ring (bicyclic) bond motifs is 2. The van der Waals surface area contributed by atoms with Gasteiger partial charge in [-0.25, -0.2) is 9.80 Å². The fourth-order valence-electron chi connectivity index (χ4n) is 6.50. The zero-order valence-corrected chi connectivity index (χ0v) is 26.6. The van der Waals surface area contributed by atoms with Crippen molar-refractivity contribution in [1.82, 2.24) is 30.0 Å². The van der Waals surface area contributed by atoms with Crippen molar-refractivity contribution in [3.8, 4) is 5.75 Å². The minimum absolute atomic E-state index is 0.0191. The molecular weight excluding hydrogens is 659 g/mol. The maximum Gasteiger partial charge on any atom is 0.416 e. The van der Waals surface area contributed by atoms with Gasteiger partial charge < -0.3 is 10.1 Å². The first kappa shape index (κ1) is 32.8. The molecule has 6 amide bonds. The summed E-state index contributed by atoms with van der Waals surface area (Å²) in [6.07, 6.45) is -1.20. The van der Waals surface area contributed by atoms with E-state index in [-0.39, 0.29) is 35.7 Å². The van der Waals surface area contributed by atoms with Gasteiger partial charge >= 0.3 is 12.2 Å². The number of halogens is 3. The van der Waals surface area contributed by atoms with E-state index in [9.17, 15) is 37.1 Å². The highest BCUT2D eigenvalue weighted by Crippen LogP contribution is 2.34. The number of nitrogens with zero attached hydrogens (tertiary/aromatic N) is 5. The van der Waals surface area contributed by atoms with E-state index < -0.39 is 41.4 Å². The second-order valence-electron chi connectivity index (χ2n) is 12.3. The summed E-state index contributed by atoms with van der Waals surface area (Å²) in [6.45, 7) is 1.91. The molecule has 0 spiro atoms. The molecule has 258 valence electrons. The van der Waals surface area contributed by atoms with Crippen LogP contribution in [0.15, 0.2) is 60.8 Å². The van der Waals surface area contributed by atoms with E-state index in [1.807, 2.05) is 10.9 Å². The number of amides is 6. The summed E-state index contributed by atoms with van der Waals surface area (Å²) in [7, 11) is 1.43. The molecule has 0 bridgehead atoms. The van der Waals surface area contributed by atoms with Gasteiger partial charge in [0.05, 0.1) is 47.6 Å². The smallest absolute Gasteiger partial charge is 0.416 e. The van der Waals surface area contributed by atoms with Gasteiger partial charge in [0, 0.05) is 49.3 Å². The highest BCUT2D eigenvalue weighted by atomic mass is 19.4. The molecule has 0 aliphatic carbocycles. The van der Waals surface area contributed by atoms with Crippen LogP contribution in [0, 0.1) is 0 Å². The van der Waals surface area contributed by atoms with Crippen molar-refractivity contribution in [3.63, 3.8) is 0 Å². The van der Waals surface area contributed by atoms with Crippen LogP contribution in [0.3, 0.4) is 0 Å². The highest BCUT2D eigenvalue weighted by molar-refractivity contribution is 6.22. The second-order valence-corrected chi connectivity index (χ2v) is 12.3. The van der Waals surface area contributed by atoms with Crippen molar-refractivity contribution in [2.75, 3.05) is 32.1 Å². The number of urea groups is 1. The monoisotopic (exact) mass is 689 g/mol. The minimum Gasteiger partial charge on any atom is -0.494 e. The first-order valence-corrected chi connectivity index (χ1v) is 15.8. The predicted molar refractivity (Wildman–Crippen MR) is 171 cm³/mol. The number of likely N-dealkylation sites (tertiary alicyclic amines) is 1. The lowest BCUT2D eigenvalue weighted by molar-refractivity contribution is -0.137. The molecule has 13 nitrogen and oxygen atoms in total. The van der Waals surface area contributed by atoms with Crippen molar-refractivity contribution in [2.24, 2.45) is 0 Å². The van der Waals surface area contributed by atoms with Gasteiger partial charge in [0.25, 0.3) is 17.7 Å². The number of piperidine rings is 1. The van der Waals surface area contributed by atoms with Crippen LogP contribution >= 0.6 is 0 Å². The third-order valence-corrected chi connectivity index (χ3v) is 9.08. The van der Waals surface area contributed by atoms with Crippen molar-refractivity contribution in [2.45, 2.75) is 38.0 Å². The van der Waals surface area contributed by atoms with E-state index in [1.165, 1.54) is 19.2 Å². The van der Waals surface area contributed by atoms with Crippen LogP contribution in [-0.2, 0) is 17.5 Å². The molecule has 0 atom stereocenters. The van der Waals surface area contributed by atoms with Gasteiger partial charge in [-0.05, 0) is 54.8 Å². The number of ether oxygens (including phenoxy) is 1. The van der Waals surface area contributed by atoms with Crippen LogP contribution in [0.25, 0.3) is 10.9 Å². The molecule has 2 fully saturated rings. The zero-order chi connectivity index (χ0) is 35.3. The van der Waals surface area contributed by atoms with Gasteiger partial charge in [0.15, 0.2) is 0 Å². The summed E-state index contributed by atoms with van der Waals surface area (Å²) >= 11 is 0. The molecule has 2 saturated heterocycles. The first-order chi connectivity index (χ1) is 23.9. The third-order valence-electron chi connectivity index (χ3n) is 9.08. The number of rotatable bonds is 7. The zero-order valence-electron chi connectivity index (χ0n) is 26.6. The molecule has 1 aromatic heterocycles. The Bertz CT molecular complexity index is 2070. The molecule has 3 aliphatic rings. The van der Waals surface area contributed by atoms with Crippen LogP contribution in [0.2, 0.25) is 0 Å². The predicted octanol–water partition coefficient (Wildman–Crippen LogP) is 4.61. The van der Waals surface area contributed by atoms with Gasteiger partial charge in [-0.15, -0.1) is 0 Å². The summed E-state index contributed by atoms with van der Waals surface area (Å²) in [5.41, 5.74) is 1.09. The third kappa shape index (κ3) is 6.13. The Labute approximate surface area is 282 Å². The maximum atomic E-state index is 13.2. The van der Waals surface area contributed by atoms with E-state index in [0.717, 1.165) is 53.6 Å². The molecule has 7 rings (SSSR count). The number of hydrazine groups is 1. The number of hydrogen-bond acceptors (Lipinski definition) is 8. The number of benzene rings is 3. The lowest BCUT2D eigenvalue weighted by Gasteiger charge is -2.32. The lowest BCUT2D eigenvalue weighted by atomic mass is 10.0. The molecule has 0 radical (unpaired) electrons. The summed E-state index contributed by atoms with van der Waals surface area (Å²) < 4.78 is 46.8. The van der Waals surface area contributed by atoms with Crippen molar-refractivity contribution in [1.29, 1.82) is 0 Å². The van der Waals surface area contributed by atoms with E-state index in [4.69, 9.17) is 9.84 Å². The Morgan fingerprint density at radius 2 is 1.74 bits per heavy atom. The molecule has 16 heteroatoms. The van der Waals surface area contributed by atoms with Gasteiger partial charge in [-0.1, -0.05) is 12.1 Å². The molecule has 0 saturated carbocycles. The van der Waals surface area contributed by atoms with E-state index in [1.54, 1.807) is 30.3 Å². The molecule has 4 aromatic rings. The Balaban J connectivity index is 0.999. The van der Waals surface area contributed by atoms with Crippen molar-refractivity contribution < 1.29 is 41.9 Å². The minimum atomic E-state index is -4.58. The van der Waals surface area contributed by atoms with E-state index in [2.05, 4.69) is 15.5 Å². The van der Waals surface area contributed by atoms with Crippen LogP contribution in [0.1, 0.15) is 67.5 Å². The van der Waals surface area contributed by atoms with E-state index >= 15 is 0 Å². The quantitative estimate of drug-likeness (QED) is 0.268. The number of carbonyl (C=O) groups is 5. The lowest BCUT2D eigenvalue weighted by Crippen LogP contribution is -2.58. The van der Waals surface area contributed by atoms with Gasteiger partial charge in [0.1, 0.15) is 5.75 Å². The van der Waals surface area contributed by atoms with Crippen LogP contribution < -0.4 is 15.4 Å². The molecule has 3 aliphatic heterocycles. The Kier molecular flexibility index (Phi) is 8.25. The summed E-state index contributed by atoms with van der Waals surface area (Å²) in [4.78, 5) is 65.1. The molecular formula is C34H30F3N7O6. The highest BCUT2D eigenvalue weighted by Gasteiger charge is 2.43. The van der Waals surface area contributed by atoms with Crippen LogP contribution in [0.5, 0.6) is 5.75 Å². The summed E-state index contributed by atoms with van der Waals surface area (Å²) in [5, 5.41) is 12.0. The fourth-order valence-corrected chi connectivity index (χ4v) is 6.50. The number of alkyl halides is 3. The Hall–Kier alpha value is -5.77. The largest absolute Gasteiger partial charge is 0.494 e. The average Bonchev–Trinajstić information content (AvgIpc) is 3.61. The Morgan fingerprint density at radius 3 is 2.46 bits per heavy atom. The van der Waals surface area contributed by atoms with Crippen molar-refractivity contribution >= 4 is 46.3 Å².